The van der Waals surface area contributed by atoms with E-state index in [9.17, 15) is 4.79 Å². The van der Waals surface area contributed by atoms with Crippen molar-refractivity contribution in [3.05, 3.63) is 24.2 Å². The standard InChI is InChI=1S/C6H7NO2.ClH/c7-6(8)3-5-1-2-9-4-5;/h1-2,4H,3H2,(H2,7,8);1H. The summed E-state index contributed by atoms with van der Waals surface area (Å²) in [4.78, 5) is 10.2. The van der Waals surface area contributed by atoms with E-state index in [0.717, 1.165) is 5.56 Å². The van der Waals surface area contributed by atoms with Gasteiger partial charge in [-0.1, -0.05) is 0 Å². The molecule has 1 aromatic heterocycles. The van der Waals surface area contributed by atoms with Crippen molar-refractivity contribution < 1.29 is 9.21 Å². The van der Waals surface area contributed by atoms with E-state index >= 15 is 0 Å². The van der Waals surface area contributed by atoms with Crippen molar-refractivity contribution in [2.45, 2.75) is 6.42 Å². The van der Waals surface area contributed by atoms with Gasteiger partial charge < -0.3 is 10.2 Å². The summed E-state index contributed by atoms with van der Waals surface area (Å²) in [6.45, 7) is 0. The largest absolute Gasteiger partial charge is 0.472 e. The maximum Gasteiger partial charge on any atom is 0.221 e. The van der Waals surface area contributed by atoms with Crippen LogP contribution in [0.25, 0.3) is 0 Å². The SMILES string of the molecule is Cl.NC(=O)Cc1ccoc1. The first kappa shape index (κ1) is 9.04. The molecule has 0 atom stereocenters. The van der Waals surface area contributed by atoms with Crippen molar-refractivity contribution in [2.75, 3.05) is 0 Å². The van der Waals surface area contributed by atoms with E-state index in [0.29, 0.717) is 0 Å². The second kappa shape index (κ2) is 3.95. The molecule has 1 heterocycles. The van der Waals surface area contributed by atoms with Gasteiger partial charge >= 0.3 is 0 Å². The van der Waals surface area contributed by atoms with Crippen molar-refractivity contribution >= 4 is 18.3 Å². The van der Waals surface area contributed by atoms with Gasteiger partial charge in [-0.2, -0.15) is 0 Å². The zero-order chi connectivity index (χ0) is 6.69. The van der Waals surface area contributed by atoms with Crippen LogP contribution in [0.4, 0.5) is 0 Å². The van der Waals surface area contributed by atoms with E-state index in [2.05, 4.69) is 0 Å². The number of nitrogens with two attached hydrogens (primary N) is 1. The Balaban J connectivity index is 0.000000810. The molecule has 2 N–H and O–H groups in total. The molecule has 0 aromatic carbocycles. The molecule has 4 heteroatoms. The van der Waals surface area contributed by atoms with E-state index in [1.165, 1.54) is 12.5 Å². The first-order valence-corrected chi connectivity index (χ1v) is 2.58. The highest BCUT2D eigenvalue weighted by Crippen LogP contribution is 1.98. The van der Waals surface area contributed by atoms with Crippen LogP contribution < -0.4 is 5.73 Å². The van der Waals surface area contributed by atoms with Crippen LogP contribution in [-0.4, -0.2) is 5.91 Å². The zero-order valence-electron chi connectivity index (χ0n) is 5.24. The number of halogens is 1. The number of amides is 1. The first-order valence-electron chi connectivity index (χ1n) is 2.58. The van der Waals surface area contributed by atoms with E-state index in [4.69, 9.17) is 10.2 Å². The number of hydrogen-bond acceptors (Lipinski definition) is 2. The van der Waals surface area contributed by atoms with E-state index < -0.39 is 0 Å². The molecule has 0 spiro atoms. The van der Waals surface area contributed by atoms with Gasteiger partial charge in [0.2, 0.25) is 5.91 Å². The summed E-state index contributed by atoms with van der Waals surface area (Å²) in [5, 5.41) is 0. The number of carbonyl (C=O) groups excluding carboxylic acids is 1. The number of furan rings is 1. The van der Waals surface area contributed by atoms with E-state index in [1.54, 1.807) is 6.07 Å². The molecule has 1 amide bonds. The molecule has 0 saturated carbocycles. The Morgan fingerprint density at radius 1 is 1.70 bits per heavy atom. The van der Waals surface area contributed by atoms with Crippen LogP contribution in [0.1, 0.15) is 5.56 Å². The van der Waals surface area contributed by atoms with Gasteiger partial charge in [0.05, 0.1) is 18.9 Å². The lowest BCUT2D eigenvalue weighted by Crippen LogP contribution is -2.12. The summed E-state index contributed by atoms with van der Waals surface area (Å²) in [6, 6.07) is 1.71. The molecule has 0 aliphatic carbocycles. The maximum absolute atomic E-state index is 10.2. The Morgan fingerprint density at radius 2 is 2.40 bits per heavy atom. The van der Waals surface area contributed by atoms with Crippen LogP contribution in [0.15, 0.2) is 23.0 Å². The number of carbonyl (C=O) groups is 1. The molecule has 0 saturated heterocycles. The topological polar surface area (TPSA) is 56.2 Å². The van der Waals surface area contributed by atoms with Gasteiger partial charge in [0, 0.05) is 0 Å². The number of rotatable bonds is 2. The van der Waals surface area contributed by atoms with Gasteiger partial charge in [0.1, 0.15) is 0 Å². The van der Waals surface area contributed by atoms with Crippen molar-refractivity contribution in [3.8, 4) is 0 Å². The van der Waals surface area contributed by atoms with Crippen LogP contribution >= 0.6 is 12.4 Å². The fraction of sp³-hybridized carbons (Fsp3) is 0.167. The minimum absolute atomic E-state index is 0. The number of hydrogen-bond donors (Lipinski definition) is 1. The molecule has 1 aromatic rings. The normalized spacial score (nSPS) is 8.40. The summed E-state index contributed by atoms with van der Waals surface area (Å²) in [5.41, 5.74) is 5.72. The third kappa shape index (κ3) is 2.55. The van der Waals surface area contributed by atoms with Crippen molar-refractivity contribution in [1.29, 1.82) is 0 Å². The Labute approximate surface area is 64.6 Å². The molecule has 0 bridgehead atoms. The third-order valence-electron chi connectivity index (χ3n) is 0.958. The second-order valence-corrected chi connectivity index (χ2v) is 1.77. The monoisotopic (exact) mass is 161 g/mol. The van der Waals surface area contributed by atoms with Crippen LogP contribution in [0.2, 0.25) is 0 Å². The summed E-state index contributed by atoms with van der Waals surface area (Å²) in [6.07, 6.45) is 3.28. The van der Waals surface area contributed by atoms with Gasteiger partial charge in [-0.3, -0.25) is 4.79 Å². The number of primary amides is 1. The summed E-state index contributed by atoms with van der Waals surface area (Å²) in [7, 11) is 0. The summed E-state index contributed by atoms with van der Waals surface area (Å²) in [5.74, 6) is -0.337. The van der Waals surface area contributed by atoms with E-state index in [1.807, 2.05) is 0 Å². The van der Waals surface area contributed by atoms with Crippen LogP contribution in [0.3, 0.4) is 0 Å². The fourth-order valence-corrected chi connectivity index (χ4v) is 0.594. The highest BCUT2D eigenvalue weighted by atomic mass is 35.5. The van der Waals surface area contributed by atoms with Crippen molar-refractivity contribution in [2.24, 2.45) is 5.73 Å². The molecule has 10 heavy (non-hydrogen) atoms. The van der Waals surface area contributed by atoms with E-state index in [-0.39, 0.29) is 24.7 Å². The molecule has 0 aliphatic heterocycles. The minimum atomic E-state index is -0.337. The summed E-state index contributed by atoms with van der Waals surface area (Å²) >= 11 is 0. The predicted octanol–water partition coefficient (Wildman–Crippen LogP) is 0.729. The molecule has 56 valence electrons. The summed E-state index contributed by atoms with van der Waals surface area (Å²) < 4.78 is 4.71. The smallest absolute Gasteiger partial charge is 0.221 e. The Bertz CT molecular complexity index is 196. The van der Waals surface area contributed by atoms with Gasteiger partial charge in [-0.25, -0.2) is 0 Å². The Hall–Kier alpha value is -0.960. The van der Waals surface area contributed by atoms with Crippen LogP contribution in [0, 0.1) is 0 Å². The third-order valence-corrected chi connectivity index (χ3v) is 0.958. The first-order chi connectivity index (χ1) is 4.29. The maximum atomic E-state index is 10.2. The fourth-order valence-electron chi connectivity index (χ4n) is 0.594. The molecule has 3 nitrogen and oxygen atoms in total. The highest BCUT2D eigenvalue weighted by Gasteiger charge is 1.96. The predicted molar refractivity (Wildman–Crippen MR) is 38.9 cm³/mol. The highest BCUT2D eigenvalue weighted by molar-refractivity contribution is 5.85. The lowest BCUT2D eigenvalue weighted by Gasteiger charge is -1.85. The van der Waals surface area contributed by atoms with Crippen LogP contribution in [0.5, 0.6) is 0 Å². The Kier molecular flexibility index (Phi) is 3.57. The van der Waals surface area contributed by atoms with Crippen molar-refractivity contribution in [1.82, 2.24) is 0 Å². The molecule has 0 fully saturated rings. The van der Waals surface area contributed by atoms with Gasteiger partial charge in [0.15, 0.2) is 0 Å². The quantitative estimate of drug-likeness (QED) is 0.695. The molecule has 0 aliphatic rings. The van der Waals surface area contributed by atoms with Gasteiger partial charge in [-0.05, 0) is 11.6 Å². The lowest BCUT2D eigenvalue weighted by atomic mass is 10.2. The average Bonchev–Trinajstić information content (AvgIpc) is 2.15. The van der Waals surface area contributed by atoms with Crippen molar-refractivity contribution in [3.63, 3.8) is 0 Å². The molecule has 1 rings (SSSR count). The minimum Gasteiger partial charge on any atom is -0.472 e. The molecular weight excluding hydrogens is 154 g/mol. The second-order valence-electron chi connectivity index (χ2n) is 1.77. The van der Waals surface area contributed by atoms with Gasteiger partial charge in [-0.15, -0.1) is 12.4 Å². The zero-order valence-corrected chi connectivity index (χ0v) is 6.06. The Morgan fingerprint density at radius 3 is 2.80 bits per heavy atom. The lowest BCUT2D eigenvalue weighted by molar-refractivity contribution is -0.117. The van der Waals surface area contributed by atoms with Crippen LogP contribution in [-0.2, 0) is 11.2 Å². The average molecular weight is 162 g/mol. The molecular formula is C6H8ClNO2. The molecule has 0 radical (unpaired) electrons. The van der Waals surface area contributed by atoms with Gasteiger partial charge in [0.25, 0.3) is 0 Å². The molecule has 0 unspecified atom stereocenters.